The van der Waals surface area contributed by atoms with Crippen LogP contribution in [0.25, 0.3) is 97.4 Å². The summed E-state index contributed by atoms with van der Waals surface area (Å²) in [5.74, 6) is 0. The average Bonchev–Trinajstić information content (AvgIpc) is 3.59. The Bertz CT molecular complexity index is 2880. The summed E-state index contributed by atoms with van der Waals surface area (Å²) < 4.78 is 2.66. The highest BCUT2D eigenvalue weighted by atomic mass is 32.1. The van der Waals surface area contributed by atoms with E-state index < -0.39 is 0 Å². The van der Waals surface area contributed by atoms with Gasteiger partial charge in [-0.1, -0.05) is 164 Å². The van der Waals surface area contributed by atoms with Gasteiger partial charge in [0, 0.05) is 25.7 Å². The van der Waals surface area contributed by atoms with Crippen LogP contribution in [0.15, 0.2) is 194 Å². The molecular formula is C50H32S. The van der Waals surface area contributed by atoms with Crippen molar-refractivity contribution in [3.63, 3.8) is 0 Å². The van der Waals surface area contributed by atoms with Gasteiger partial charge < -0.3 is 0 Å². The Hall–Kier alpha value is -6.28. The van der Waals surface area contributed by atoms with E-state index in [4.69, 9.17) is 0 Å². The second-order valence-corrected chi connectivity index (χ2v) is 14.3. The molecule has 0 aliphatic heterocycles. The van der Waals surface area contributed by atoms with Crippen LogP contribution in [0.3, 0.4) is 0 Å². The molecule has 0 aliphatic carbocycles. The molecule has 0 saturated heterocycles. The lowest BCUT2D eigenvalue weighted by Crippen LogP contribution is -1.91. The van der Waals surface area contributed by atoms with E-state index in [2.05, 4.69) is 194 Å². The highest BCUT2D eigenvalue weighted by Gasteiger charge is 2.18. The first kappa shape index (κ1) is 29.6. The van der Waals surface area contributed by atoms with Gasteiger partial charge in [-0.3, -0.25) is 0 Å². The van der Waals surface area contributed by atoms with Gasteiger partial charge in [-0.05, 0) is 102 Å². The molecular weight excluding hydrogens is 633 g/mol. The molecule has 0 nitrogen and oxygen atoms in total. The zero-order valence-electron chi connectivity index (χ0n) is 27.9. The van der Waals surface area contributed by atoms with Crippen molar-refractivity contribution in [2.24, 2.45) is 0 Å². The lowest BCUT2D eigenvalue weighted by molar-refractivity contribution is 1.60. The standard InChI is InChI=1S/C50H32S/c1-4-15-33(16-5-1)44-31-39(32-46-40-23-12-13-26-47(40)51-50(44)46)37-22-14-21-36(29-37)38-27-28-43-45(30-38)49(35-19-8-3-9-20-35)42-25-11-10-24-41(42)48(43)34-17-6-2-7-18-34/h1-32H. The van der Waals surface area contributed by atoms with Gasteiger partial charge in [0.1, 0.15) is 0 Å². The largest absolute Gasteiger partial charge is 0.135 e. The molecule has 1 heterocycles. The summed E-state index contributed by atoms with van der Waals surface area (Å²) in [6.07, 6.45) is 0. The van der Waals surface area contributed by atoms with Gasteiger partial charge in [0.25, 0.3) is 0 Å². The summed E-state index contributed by atoms with van der Waals surface area (Å²) in [6, 6.07) is 71.2. The number of rotatable bonds is 5. The maximum Gasteiger partial charge on any atom is 0.0434 e. The first-order valence-corrected chi connectivity index (χ1v) is 18.3. The van der Waals surface area contributed by atoms with Crippen molar-refractivity contribution in [2.45, 2.75) is 0 Å². The van der Waals surface area contributed by atoms with Crippen molar-refractivity contribution in [3.8, 4) is 55.6 Å². The number of thiophene rings is 1. The zero-order chi connectivity index (χ0) is 33.7. The molecule has 1 aromatic heterocycles. The van der Waals surface area contributed by atoms with Gasteiger partial charge >= 0.3 is 0 Å². The summed E-state index contributed by atoms with van der Waals surface area (Å²) >= 11 is 1.89. The van der Waals surface area contributed by atoms with Crippen molar-refractivity contribution < 1.29 is 0 Å². The first-order valence-electron chi connectivity index (χ1n) is 17.5. The van der Waals surface area contributed by atoms with E-state index in [1.54, 1.807) is 0 Å². The lowest BCUT2D eigenvalue weighted by Gasteiger charge is -2.19. The number of hydrogen-bond acceptors (Lipinski definition) is 1. The van der Waals surface area contributed by atoms with E-state index in [1.807, 2.05) is 11.3 Å². The fourth-order valence-corrected chi connectivity index (χ4v) is 9.11. The molecule has 0 radical (unpaired) electrons. The average molecular weight is 665 g/mol. The van der Waals surface area contributed by atoms with Gasteiger partial charge in [-0.15, -0.1) is 11.3 Å². The zero-order valence-corrected chi connectivity index (χ0v) is 28.7. The Balaban J connectivity index is 1.20. The molecule has 0 N–H and O–H groups in total. The summed E-state index contributed by atoms with van der Waals surface area (Å²) in [4.78, 5) is 0. The second-order valence-electron chi connectivity index (χ2n) is 13.2. The molecule has 0 unspecified atom stereocenters. The lowest BCUT2D eigenvalue weighted by atomic mass is 9.84. The van der Waals surface area contributed by atoms with Crippen LogP contribution < -0.4 is 0 Å². The quantitative estimate of drug-likeness (QED) is 0.161. The Morgan fingerprint density at radius 1 is 0.255 bits per heavy atom. The van der Waals surface area contributed by atoms with Crippen molar-refractivity contribution >= 4 is 53.1 Å². The minimum absolute atomic E-state index is 1.21. The van der Waals surface area contributed by atoms with Crippen LogP contribution in [-0.2, 0) is 0 Å². The highest BCUT2D eigenvalue weighted by Crippen LogP contribution is 2.46. The van der Waals surface area contributed by atoms with E-state index in [9.17, 15) is 0 Å². The summed E-state index contributed by atoms with van der Waals surface area (Å²) in [7, 11) is 0. The minimum Gasteiger partial charge on any atom is -0.135 e. The van der Waals surface area contributed by atoms with Crippen molar-refractivity contribution in [3.05, 3.63) is 194 Å². The van der Waals surface area contributed by atoms with Crippen LogP contribution in [0.5, 0.6) is 0 Å². The maximum atomic E-state index is 2.42. The third kappa shape index (κ3) is 5.05. The molecule has 0 spiro atoms. The van der Waals surface area contributed by atoms with Gasteiger partial charge in [0.15, 0.2) is 0 Å². The predicted octanol–water partition coefficient (Wildman–Crippen LogP) is 14.7. The van der Waals surface area contributed by atoms with Crippen LogP contribution in [0.1, 0.15) is 0 Å². The smallest absolute Gasteiger partial charge is 0.0434 e. The third-order valence-corrected chi connectivity index (χ3v) is 11.5. The molecule has 9 aromatic carbocycles. The third-order valence-electron chi connectivity index (χ3n) is 10.2. The molecule has 10 aromatic rings. The van der Waals surface area contributed by atoms with Gasteiger partial charge in [0.05, 0.1) is 0 Å². The molecule has 10 rings (SSSR count). The van der Waals surface area contributed by atoms with E-state index in [-0.39, 0.29) is 0 Å². The Morgan fingerprint density at radius 2 is 0.725 bits per heavy atom. The predicted molar refractivity (Wildman–Crippen MR) is 222 cm³/mol. The molecule has 1 heteroatoms. The monoisotopic (exact) mass is 664 g/mol. The van der Waals surface area contributed by atoms with E-state index >= 15 is 0 Å². The van der Waals surface area contributed by atoms with Crippen LogP contribution in [0.4, 0.5) is 0 Å². The molecule has 0 bridgehead atoms. The summed E-state index contributed by atoms with van der Waals surface area (Å²) in [6.45, 7) is 0. The molecule has 0 atom stereocenters. The van der Waals surface area contributed by atoms with E-state index in [0.717, 1.165) is 0 Å². The normalized spacial score (nSPS) is 11.5. The topological polar surface area (TPSA) is 0 Å². The molecule has 238 valence electrons. The molecule has 51 heavy (non-hydrogen) atoms. The van der Waals surface area contributed by atoms with Crippen molar-refractivity contribution in [1.82, 2.24) is 0 Å². The highest BCUT2D eigenvalue weighted by molar-refractivity contribution is 7.26. The fourth-order valence-electron chi connectivity index (χ4n) is 7.89. The van der Waals surface area contributed by atoms with Gasteiger partial charge in [-0.25, -0.2) is 0 Å². The van der Waals surface area contributed by atoms with Crippen LogP contribution in [0, 0.1) is 0 Å². The Kier molecular flexibility index (Phi) is 7.11. The number of hydrogen-bond donors (Lipinski definition) is 0. The Labute approximate surface area is 301 Å². The summed E-state index contributed by atoms with van der Waals surface area (Å²) in [5.41, 5.74) is 12.4. The number of fused-ring (bicyclic) bond motifs is 5. The molecule has 0 saturated carbocycles. The first-order chi connectivity index (χ1) is 25.3. The SMILES string of the molecule is c1ccc(-c2c3ccccc3c(-c3ccccc3)c3cc(-c4cccc(-c5cc(-c6ccccc6)c6sc7ccccc7c6c5)c4)ccc23)cc1. The minimum atomic E-state index is 1.21. The Morgan fingerprint density at radius 3 is 1.39 bits per heavy atom. The molecule has 0 fully saturated rings. The van der Waals surface area contributed by atoms with Crippen LogP contribution in [0.2, 0.25) is 0 Å². The van der Waals surface area contributed by atoms with Crippen LogP contribution in [-0.4, -0.2) is 0 Å². The van der Waals surface area contributed by atoms with E-state index in [0.29, 0.717) is 0 Å². The fraction of sp³-hybridized carbons (Fsp3) is 0. The van der Waals surface area contributed by atoms with E-state index in [1.165, 1.54) is 97.4 Å². The molecule has 0 aliphatic rings. The van der Waals surface area contributed by atoms with Crippen molar-refractivity contribution in [2.75, 3.05) is 0 Å². The van der Waals surface area contributed by atoms with Crippen LogP contribution >= 0.6 is 11.3 Å². The van der Waals surface area contributed by atoms with Gasteiger partial charge in [0.2, 0.25) is 0 Å². The maximum absolute atomic E-state index is 2.42. The summed E-state index contributed by atoms with van der Waals surface area (Å²) in [5, 5.41) is 7.70. The van der Waals surface area contributed by atoms with Crippen molar-refractivity contribution in [1.29, 1.82) is 0 Å². The second kappa shape index (κ2) is 12.2. The molecule has 0 amide bonds. The number of benzene rings is 9. The van der Waals surface area contributed by atoms with Gasteiger partial charge in [-0.2, -0.15) is 0 Å².